The van der Waals surface area contributed by atoms with E-state index in [0.717, 1.165) is 25.9 Å². The normalized spacial score (nSPS) is 13.9. The highest BCUT2D eigenvalue weighted by atomic mass is 15.2. The van der Waals surface area contributed by atoms with Crippen molar-refractivity contribution in [2.45, 2.75) is 52.1 Å². The molecule has 102 valence electrons. The minimum atomic E-state index is 0.190. The molecule has 0 heterocycles. The molecule has 0 saturated carbocycles. The van der Waals surface area contributed by atoms with E-state index in [4.69, 9.17) is 5.73 Å². The summed E-state index contributed by atoms with van der Waals surface area (Å²) in [5.74, 6) is 0. The minimum Gasteiger partial charge on any atom is -0.329 e. The van der Waals surface area contributed by atoms with Crippen molar-refractivity contribution in [1.29, 1.82) is 0 Å². The first kappa shape index (κ1) is 15.2. The van der Waals surface area contributed by atoms with Gasteiger partial charge in [0.15, 0.2) is 0 Å². The number of aryl methyl sites for hydroxylation is 1. The van der Waals surface area contributed by atoms with Gasteiger partial charge in [-0.2, -0.15) is 0 Å². The highest BCUT2D eigenvalue weighted by molar-refractivity contribution is 5.14. The van der Waals surface area contributed by atoms with Crippen LogP contribution in [0, 0.1) is 0 Å². The van der Waals surface area contributed by atoms with Gasteiger partial charge in [-0.05, 0) is 45.7 Å². The fourth-order valence-corrected chi connectivity index (χ4v) is 2.66. The maximum Gasteiger partial charge on any atom is 0.0226 e. The van der Waals surface area contributed by atoms with Gasteiger partial charge in [-0.1, -0.05) is 37.3 Å². The van der Waals surface area contributed by atoms with E-state index in [1.54, 1.807) is 0 Å². The van der Waals surface area contributed by atoms with Gasteiger partial charge >= 0.3 is 0 Å². The molecule has 2 N–H and O–H groups in total. The lowest BCUT2D eigenvalue weighted by atomic mass is 9.98. The molecule has 0 spiro atoms. The van der Waals surface area contributed by atoms with Crippen molar-refractivity contribution in [3.8, 4) is 0 Å². The van der Waals surface area contributed by atoms with E-state index in [1.807, 2.05) is 0 Å². The number of rotatable bonds is 6. The lowest BCUT2D eigenvalue weighted by Crippen LogP contribution is -2.51. The van der Waals surface area contributed by atoms with Gasteiger partial charge in [-0.3, -0.25) is 4.90 Å². The minimum absolute atomic E-state index is 0.190. The summed E-state index contributed by atoms with van der Waals surface area (Å²) in [4.78, 5) is 2.51. The Balaban J connectivity index is 2.61. The molecule has 18 heavy (non-hydrogen) atoms. The Hall–Kier alpha value is -0.860. The van der Waals surface area contributed by atoms with Gasteiger partial charge in [0.25, 0.3) is 0 Å². The van der Waals surface area contributed by atoms with Crippen molar-refractivity contribution >= 4 is 0 Å². The van der Waals surface area contributed by atoms with Gasteiger partial charge in [0.2, 0.25) is 0 Å². The summed E-state index contributed by atoms with van der Waals surface area (Å²) in [6.07, 6.45) is 2.24. The molecule has 1 rings (SSSR count). The summed E-state index contributed by atoms with van der Waals surface area (Å²) in [5, 5.41) is 0. The van der Waals surface area contributed by atoms with Crippen molar-refractivity contribution in [2.75, 3.05) is 13.1 Å². The van der Waals surface area contributed by atoms with Gasteiger partial charge in [0.1, 0.15) is 0 Å². The van der Waals surface area contributed by atoms with E-state index in [2.05, 4.69) is 62.9 Å². The third-order valence-electron chi connectivity index (χ3n) is 3.52. The van der Waals surface area contributed by atoms with Crippen molar-refractivity contribution in [2.24, 2.45) is 5.73 Å². The number of nitrogens with zero attached hydrogens (tertiary/aromatic N) is 1. The second-order valence-electron chi connectivity index (χ2n) is 5.87. The van der Waals surface area contributed by atoms with Crippen LogP contribution in [0.1, 0.15) is 39.7 Å². The predicted molar refractivity (Wildman–Crippen MR) is 79.7 cm³/mol. The smallest absolute Gasteiger partial charge is 0.0226 e. The molecule has 0 aromatic heterocycles. The average molecular weight is 248 g/mol. The number of hydrogen-bond acceptors (Lipinski definition) is 2. The molecule has 1 unspecified atom stereocenters. The molecule has 2 heteroatoms. The Morgan fingerprint density at radius 2 is 1.78 bits per heavy atom. The highest BCUT2D eigenvalue weighted by Gasteiger charge is 2.26. The molecule has 0 bridgehead atoms. The van der Waals surface area contributed by atoms with E-state index in [1.165, 1.54) is 5.56 Å². The summed E-state index contributed by atoms with van der Waals surface area (Å²) in [5.41, 5.74) is 7.56. The van der Waals surface area contributed by atoms with Gasteiger partial charge in [0, 0.05) is 18.1 Å². The zero-order valence-electron chi connectivity index (χ0n) is 12.3. The summed E-state index contributed by atoms with van der Waals surface area (Å²) in [6, 6.07) is 11.1. The van der Waals surface area contributed by atoms with Crippen LogP contribution in [0.4, 0.5) is 0 Å². The van der Waals surface area contributed by atoms with Crippen molar-refractivity contribution in [3.05, 3.63) is 35.9 Å². The number of hydrogen-bond donors (Lipinski definition) is 1. The van der Waals surface area contributed by atoms with Crippen molar-refractivity contribution in [1.82, 2.24) is 4.90 Å². The van der Waals surface area contributed by atoms with Gasteiger partial charge in [-0.15, -0.1) is 0 Å². The Morgan fingerprint density at radius 3 is 2.22 bits per heavy atom. The molecule has 0 amide bonds. The average Bonchev–Trinajstić information content (AvgIpc) is 2.34. The molecule has 1 aromatic carbocycles. The van der Waals surface area contributed by atoms with Crippen molar-refractivity contribution < 1.29 is 0 Å². The molecule has 1 atom stereocenters. The third-order valence-corrected chi connectivity index (χ3v) is 3.52. The fraction of sp³-hybridized carbons (Fsp3) is 0.625. The van der Waals surface area contributed by atoms with Crippen LogP contribution in [0.2, 0.25) is 0 Å². The molecule has 0 aliphatic heterocycles. The molecular weight excluding hydrogens is 220 g/mol. The molecule has 0 fully saturated rings. The number of benzene rings is 1. The molecular formula is C16H28N2. The maximum absolute atomic E-state index is 5.97. The Kier molecular flexibility index (Phi) is 5.83. The molecule has 0 saturated heterocycles. The largest absolute Gasteiger partial charge is 0.329 e. The van der Waals surface area contributed by atoms with Crippen LogP contribution in [0.3, 0.4) is 0 Å². The Bertz CT molecular complexity index is 327. The van der Waals surface area contributed by atoms with E-state index >= 15 is 0 Å². The maximum atomic E-state index is 5.97. The van der Waals surface area contributed by atoms with E-state index in [0.29, 0.717) is 6.04 Å². The molecule has 2 nitrogen and oxygen atoms in total. The monoisotopic (exact) mass is 248 g/mol. The van der Waals surface area contributed by atoms with Gasteiger partial charge in [0.05, 0.1) is 0 Å². The summed E-state index contributed by atoms with van der Waals surface area (Å²) >= 11 is 0. The first-order valence-electron chi connectivity index (χ1n) is 6.99. The number of likely N-dealkylation sites (N-methyl/N-ethyl adjacent to an activating group) is 1. The van der Waals surface area contributed by atoms with Crippen LogP contribution in [0.25, 0.3) is 0 Å². The van der Waals surface area contributed by atoms with Crippen LogP contribution in [0.5, 0.6) is 0 Å². The molecule has 0 radical (unpaired) electrons. The Morgan fingerprint density at radius 1 is 1.17 bits per heavy atom. The standard InChI is InChI=1S/C16H28N2/c1-5-18(16(2,3)4)15(13-17)12-11-14-9-7-6-8-10-14/h6-10,15H,5,11-13,17H2,1-4H3. The van der Waals surface area contributed by atoms with Crippen LogP contribution in [-0.2, 0) is 6.42 Å². The molecule has 0 aliphatic carbocycles. The zero-order valence-corrected chi connectivity index (χ0v) is 12.3. The van der Waals surface area contributed by atoms with Crippen molar-refractivity contribution in [3.63, 3.8) is 0 Å². The van der Waals surface area contributed by atoms with Crippen LogP contribution in [0.15, 0.2) is 30.3 Å². The van der Waals surface area contributed by atoms with Crippen LogP contribution < -0.4 is 5.73 Å². The summed E-state index contributed by atoms with van der Waals surface area (Å²) in [6.45, 7) is 10.8. The topological polar surface area (TPSA) is 29.3 Å². The van der Waals surface area contributed by atoms with Crippen LogP contribution >= 0.6 is 0 Å². The number of nitrogens with two attached hydrogens (primary N) is 1. The van der Waals surface area contributed by atoms with Gasteiger partial charge < -0.3 is 5.73 Å². The van der Waals surface area contributed by atoms with E-state index < -0.39 is 0 Å². The molecule has 1 aromatic rings. The molecule has 0 aliphatic rings. The summed E-state index contributed by atoms with van der Waals surface area (Å²) < 4.78 is 0. The highest BCUT2D eigenvalue weighted by Crippen LogP contribution is 2.19. The first-order chi connectivity index (χ1) is 8.49. The second-order valence-corrected chi connectivity index (χ2v) is 5.87. The third kappa shape index (κ3) is 4.43. The quantitative estimate of drug-likeness (QED) is 0.838. The van der Waals surface area contributed by atoms with Gasteiger partial charge in [-0.25, -0.2) is 0 Å². The van der Waals surface area contributed by atoms with Crippen LogP contribution in [-0.4, -0.2) is 29.6 Å². The first-order valence-corrected chi connectivity index (χ1v) is 6.99. The lowest BCUT2D eigenvalue weighted by molar-refractivity contribution is 0.0873. The second kappa shape index (κ2) is 6.91. The zero-order chi connectivity index (χ0) is 13.6. The fourth-order valence-electron chi connectivity index (χ4n) is 2.66. The predicted octanol–water partition coefficient (Wildman–Crippen LogP) is 3.07. The Labute approximate surface area is 112 Å². The van der Waals surface area contributed by atoms with E-state index in [9.17, 15) is 0 Å². The SMILES string of the molecule is CCN(C(CN)CCc1ccccc1)C(C)(C)C. The lowest BCUT2D eigenvalue weighted by Gasteiger charge is -2.41. The summed E-state index contributed by atoms with van der Waals surface area (Å²) in [7, 11) is 0. The van der Waals surface area contributed by atoms with E-state index in [-0.39, 0.29) is 5.54 Å².